The molecule has 0 aliphatic rings. The first kappa shape index (κ1) is 13.7. The van der Waals surface area contributed by atoms with Crippen LogP contribution in [0.5, 0.6) is 5.88 Å². The summed E-state index contributed by atoms with van der Waals surface area (Å²) in [5.74, 6) is -0.889. The second-order valence-electron chi connectivity index (χ2n) is 3.59. The number of hydrogen-bond acceptors (Lipinski definition) is 4. The lowest BCUT2D eigenvalue weighted by atomic mass is 10.3. The van der Waals surface area contributed by atoms with Crippen molar-refractivity contribution in [3.05, 3.63) is 22.8 Å². The predicted octanol–water partition coefficient (Wildman–Crippen LogP) is 2.24. The van der Waals surface area contributed by atoms with Gasteiger partial charge in [-0.1, -0.05) is 11.6 Å². The molecule has 0 spiro atoms. The van der Waals surface area contributed by atoms with Crippen molar-refractivity contribution in [1.29, 1.82) is 0 Å². The lowest BCUT2D eigenvalue weighted by Crippen LogP contribution is -2.12. The fraction of sp³-hybridized carbons (Fsp3) is 0.455. The summed E-state index contributed by atoms with van der Waals surface area (Å²) >= 11 is 5.67. The lowest BCUT2D eigenvalue weighted by molar-refractivity contribution is 0.0542. The molecule has 0 aliphatic carbocycles. The number of pyridine rings is 1. The Balaban J connectivity index is 2.56. The summed E-state index contributed by atoms with van der Waals surface area (Å²) in [5, 5.41) is 8.90. The van der Waals surface area contributed by atoms with Crippen molar-refractivity contribution in [1.82, 2.24) is 4.98 Å². The van der Waals surface area contributed by atoms with E-state index in [1.165, 1.54) is 12.1 Å². The number of carboxylic acids is 1. The summed E-state index contributed by atoms with van der Waals surface area (Å²) in [6.07, 6.45) is 0.125. The lowest BCUT2D eigenvalue weighted by Gasteiger charge is -2.09. The average molecular weight is 260 g/mol. The first-order chi connectivity index (χ1) is 7.99. The maximum absolute atomic E-state index is 10.8. The van der Waals surface area contributed by atoms with Gasteiger partial charge in [-0.25, -0.2) is 9.78 Å². The minimum Gasteiger partial charge on any atom is -0.478 e. The third-order valence-electron chi connectivity index (χ3n) is 1.80. The predicted molar refractivity (Wildman–Crippen MR) is 62.8 cm³/mol. The van der Waals surface area contributed by atoms with Crippen molar-refractivity contribution in [2.45, 2.75) is 20.0 Å². The van der Waals surface area contributed by atoms with Crippen LogP contribution in [-0.2, 0) is 4.74 Å². The number of nitrogens with zero attached hydrogens (tertiary/aromatic N) is 1. The number of aromatic carboxylic acids is 1. The third-order valence-corrected chi connectivity index (χ3v) is 2.00. The van der Waals surface area contributed by atoms with Crippen molar-refractivity contribution in [2.24, 2.45) is 0 Å². The van der Waals surface area contributed by atoms with Crippen LogP contribution in [0.15, 0.2) is 12.1 Å². The molecule has 0 aliphatic heterocycles. The third kappa shape index (κ3) is 5.01. The van der Waals surface area contributed by atoms with Gasteiger partial charge in [0, 0.05) is 6.07 Å². The number of aromatic nitrogens is 1. The van der Waals surface area contributed by atoms with Crippen molar-refractivity contribution in [3.8, 4) is 5.88 Å². The Labute approximate surface area is 104 Å². The Hall–Kier alpha value is -1.33. The Bertz CT molecular complexity index is 395. The van der Waals surface area contributed by atoms with Gasteiger partial charge in [-0.2, -0.15) is 0 Å². The maximum atomic E-state index is 10.8. The number of ether oxygens (including phenoxy) is 2. The highest BCUT2D eigenvalue weighted by atomic mass is 35.5. The second-order valence-corrected chi connectivity index (χ2v) is 3.98. The van der Waals surface area contributed by atoms with E-state index >= 15 is 0 Å². The number of carboxylic acid groups (broad SMARTS) is 1. The molecule has 1 N–H and O–H groups in total. The van der Waals surface area contributed by atoms with E-state index < -0.39 is 5.97 Å². The molecule has 5 nitrogen and oxygen atoms in total. The number of carbonyl (C=O) groups is 1. The fourth-order valence-corrected chi connectivity index (χ4v) is 1.30. The standard InChI is InChI=1S/C11H14ClNO4/c1-7(2)16-3-4-17-10-6-8(11(14)15)5-9(12)13-10/h5-7H,3-4H2,1-2H3,(H,14,15). The van der Waals surface area contributed by atoms with E-state index in [1.807, 2.05) is 13.8 Å². The average Bonchev–Trinajstić information content (AvgIpc) is 2.23. The monoisotopic (exact) mass is 259 g/mol. The van der Waals surface area contributed by atoms with Crippen molar-refractivity contribution in [3.63, 3.8) is 0 Å². The second kappa shape index (κ2) is 6.42. The Morgan fingerprint density at radius 3 is 2.76 bits per heavy atom. The highest BCUT2D eigenvalue weighted by Gasteiger charge is 2.08. The smallest absolute Gasteiger partial charge is 0.335 e. The highest BCUT2D eigenvalue weighted by Crippen LogP contribution is 2.16. The van der Waals surface area contributed by atoms with E-state index in [4.69, 9.17) is 26.2 Å². The van der Waals surface area contributed by atoms with Gasteiger partial charge < -0.3 is 14.6 Å². The van der Waals surface area contributed by atoms with E-state index in [-0.39, 0.29) is 22.7 Å². The van der Waals surface area contributed by atoms with Gasteiger partial charge in [0.15, 0.2) is 0 Å². The molecule has 0 atom stereocenters. The Morgan fingerprint density at radius 2 is 2.18 bits per heavy atom. The number of hydrogen-bond donors (Lipinski definition) is 1. The molecule has 0 aromatic carbocycles. The highest BCUT2D eigenvalue weighted by molar-refractivity contribution is 6.29. The van der Waals surface area contributed by atoms with Gasteiger partial charge in [-0.05, 0) is 19.9 Å². The molecule has 17 heavy (non-hydrogen) atoms. The molecule has 0 saturated heterocycles. The van der Waals surface area contributed by atoms with Gasteiger partial charge in [-0.3, -0.25) is 0 Å². The van der Waals surface area contributed by atoms with E-state index in [9.17, 15) is 4.79 Å². The van der Waals surface area contributed by atoms with Gasteiger partial charge in [0.05, 0.1) is 18.3 Å². The summed E-state index contributed by atoms with van der Waals surface area (Å²) in [6.45, 7) is 4.54. The van der Waals surface area contributed by atoms with Crippen LogP contribution >= 0.6 is 11.6 Å². The first-order valence-corrected chi connectivity index (χ1v) is 5.52. The van der Waals surface area contributed by atoms with Crippen LogP contribution < -0.4 is 4.74 Å². The van der Waals surface area contributed by atoms with Crippen molar-refractivity contribution < 1.29 is 19.4 Å². The van der Waals surface area contributed by atoms with Gasteiger partial charge in [-0.15, -0.1) is 0 Å². The maximum Gasteiger partial charge on any atom is 0.335 e. The van der Waals surface area contributed by atoms with Crippen molar-refractivity contribution >= 4 is 17.6 Å². The molecule has 0 saturated carbocycles. The molecule has 1 aromatic rings. The molecule has 1 heterocycles. The summed E-state index contributed by atoms with van der Waals surface area (Å²) < 4.78 is 10.5. The summed E-state index contributed by atoms with van der Waals surface area (Å²) in [6, 6.07) is 2.59. The van der Waals surface area contributed by atoms with Gasteiger partial charge in [0.2, 0.25) is 5.88 Å². The molecular weight excluding hydrogens is 246 g/mol. The number of halogens is 1. The fourth-order valence-electron chi connectivity index (χ4n) is 1.10. The molecule has 0 amide bonds. The Kier molecular flexibility index (Phi) is 5.18. The van der Waals surface area contributed by atoms with Crippen LogP contribution in [-0.4, -0.2) is 35.4 Å². The SMILES string of the molecule is CC(C)OCCOc1cc(C(=O)O)cc(Cl)n1. The quantitative estimate of drug-likeness (QED) is 0.627. The summed E-state index contributed by atoms with van der Waals surface area (Å²) in [7, 11) is 0. The van der Waals surface area contributed by atoms with Gasteiger partial charge in [0.1, 0.15) is 11.8 Å². The first-order valence-electron chi connectivity index (χ1n) is 5.14. The minimum absolute atomic E-state index is 0.0461. The van der Waals surface area contributed by atoms with Crippen LogP contribution in [0.2, 0.25) is 5.15 Å². The zero-order valence-electron chi connectivity index (χ0n) is 9.64. The topological polar surface area (TPSA) is 68.7 Å². The van der Waals surface area contributed by atoms with Crippen LogP contribution in [0, 0.1) is 0 Å². The minimum atomic E-state index is -1.07. The molecule has 0 fully saturated rings. The molecular formula is C11H14ClNO4. The Morgan fingerprint density at radius 1 is 1.47 bits per heavy atom. The molecule has 94 valence electrons. The number of rotatable bonds is 6. The normalized spacial score (nSPS) is 10.6. The molecule has 1 aromatic heterocycles. The van der Waals surface area contributed by atoms with E-state index in [0.717, 1.165) is 0 Å². The zero-order valence-corrected chi connectivity index (χ0v) is 10.4. The van der Waals surface area contributed by atoms with Gasteiger partial charge in [0.25, 0.3) is 0 Å². The largest absolute Gasteiger partial charge is 0.478 e. The van der Waals surface area contributed by atoms with E-state index in [1.54, 1.807) is 0 Å². The van der Waals surface area contributed by atoms with Crippen LogP contribution in [0.25, 0.3) is 0 Å². The summed E-state index contributed by atoms with van der Waals surface area (Å²) in [4.78, 5) is 14.6. The van der Waals surface area contributed by atoms with Gasteiger partial charge >= 0.3 is 5.97 Å². The van der Waals surface area contributed by atoms with E-state index in [0.29, 0.717) is 13.2 Å². The molecule has 6 heteroatoms. The van der Waals surface area contributed by atoms with Crippen LogP contribution in [0.3, 0.4) is 0 Å². The van der Waals surface area contributed by atoms with Crippen LogP contribution in [0.4, 0.5) is 0 Å². The van der Waals surface area contributed by atoms with E-state index in [2.05, 4.69) is 4.98 Å². The molecule has 1 rings (SSSR count). The van der Waals surface area contributed by atoms with Crippen molar-refractivity contribution in [2.75, 3.05) is 13.2 Å². The molecule has 0 bridgehead atoms. The zero-order chi connectivity index (χ0) is 12.8. The van der Waals surface area contributed by atoms with Crippen LogP contribution in [0.1, 0.15) is 24.2 Å². The molecule has 0 unspecified atom stereocenters. The summed E-state index contributed by atoms with van der Waals surface area (Å²) in [5.41, 5.74) is 0.0461. The molecule has 0 radical (unpaired) electrons.